The monoisotopic (exact) mass is 362 g/mol. The third kappa shape index (κ3) is 4.71. The van der Waals surface area contributed by atoms with Gasteiger partial charge in [-0.05, 0) is 19.1 Å². The molecular weight excluding hydrogens is 340 g/mol. The lowest BCUT2D eigenvalue weighted by Crippen LogP contribution is -2.41. The Balaban J connectivity index is 2.02. The number of methoxy groups -OCH3 is 1. The Labute approximate surface area is 150 Å². The molecule has 0 radical (unpaired) electrons. The van der Waals surface area contributed by atoms with E-state index in [9.17, 15) is 9.59 Å². The lowest BCUT2D eigenvalue weighted by molar-refractivity contribution is -0.141. The first-order chi connectivity index (χ1) is 12.3. The van der Waals surface area contributed by atoms with E-state index < -0.39 is 24.0 Å². The van der Waals surface area contributed by atoms with Crippen LogP contribution in [0.5, 0.6) is 5.75 Å². The number of carbonyl (C=O) groups excluding carboxylic acids is 1. The highest BCUT2D eigenvalue weighted by molar-refractivity contribution is 5.76. The Morgan fingerprint density at radius 1 is 1.38 bits per heavy atom. The summed E-state index contributed by atoms with van der Waals surface area (Å²) in [5.41, 5.74) is 0.727. The first-order valence-electron chi connectivity index (χ1n) is 8.04. The molecule has 26 heavy (non-hydrogen) atoms. The number of urea groups is 1. The van der Waals surface area contributed by atoms with E-state index in [-0.39, 0.29) is 12.4 Å². The van der Waals surface area contributed by atoms with Crippen molar-refractivity contribution in [2.45, 2.75) is 19.9 Å². The van der Waals surface area contributed by atoms with E-state index in [1.807, 2.05) is 12.1 Å². The Kier molecular flexibility index (Phi) is 6.16. The Hall–Kier alpha value is -3.10. The van der Waals surface area contributed by atoms with Crippen molar-refractivity contribution < 1.29 is 24.0 Å². The van der Waals surface area contributed by atoms with Crippen molar-refractivity contribution in [3.8, 4) is 17.1 Å². The molecule has 2 atom stereocenters. The molecule has 0 spiro atoms. The quantitative estimate of drug-likeness (QED) is 0.775. The molecule has 2 unspecified atom stereocenters. The van der Waals surface area contributed by atoms with Crippen LogP contribution in [0.2, 0.25) is 0 Å². The van der Waals surface area contributed by atoms with Crippen molar-refractivity contribution in [1.82, 2.24) is 20.4 Å². The second-order valence-corrected chi connectivity index (χ2v) is 5.98. The lowest BCUT2D eigenvalue weighted by atomic mass is 10.2. The van der Waals surface area contributed by atoms with Crippen LogP contribution in [0, 0.1) is 5.92 Å². The lowest BCUT2D eigenvalue weighted by Gasteiger charge is -2.21. The third-order valence-corrected chi connectivity index (χ3v) is 3.80. The highest BCUT2D eigenvalue weighted by Crippen LogP contribution is 2.22. The van der Waals surface area contributed by atoms with Gasteiger partial charge in [0.2, 0.25) is 11.7 Å². The topological polar surface area (TPSA) is 118 Å². The normalized spacial score (nSPS) is 12.9. The fraction of sp³-hybridized carbons (Fsp3) is 0.412. The summed E-state index contributed by atoms with van der Waals surface area (Å²) in [6.07, 6.45) is 0. The van der Waals surface area contributed by atoms with Gasteiger partial charge in [-0.2, -0.15) is 4.98 Å². The summed E-state index contributed by atoms with van der Waals surface area (Å²) in [6, 6.07) is 6.26. The SMILES string of the molecule is COc1cccc(-c2noc(C(C)NC(=O)N(C)CC(C)C(=O)O)n2)c1. The molecule has 1 aromatic carbocycles. The zero-order valence-corrected chi connectivity index (χ0v) is 15.1. The number of hydrogen-bond donors (Lipinski definition) is 2. The molecule has 2 amide bonds. The zero-order chi connectivity index (χ0) is 19.3. The summed E-state index contributed by atoms with van der Waals surface area (Å²) in [4.78, 5) is 28.6. The minimum absolute atomic E-state index is 0.0901. The average molecular weight is 362 g/mol. The number of hydrogen-bond acceptors (Lipinski definition) is 6. The van der Waals surface area contributed by atoms with Gasteiger partial charge >= 0.3 is 12.0 Å². The van der Waals surface area contributed by atoms with E-state index in [1.54, 1.807) is 26.2 Å². The minimum atomic E-state index is -0.961. The molecule has 0 fully saturated rings. The number of nitrogens with one attached hydrogen (secondary N) is 1. The average Bonchev–Trinajstić information content (AvgIpc) is 3.11. The molecule has 0 aliphatic carbocycles. The van der Waals surface area contributed by atoms with Crippen LogP contribution in [0.3, 0.4) is 0 Å². The van der Waals surface area contributed by atoms with Crippen molar-refractivity contribution in [3.05, 3.63) is 30.2 Å². The number of rotatable bonds is 7. The van der Waals surface area contributed by atoms with Crippen LogP contribution in [0.25, 0.3) is 11.4 Å². The predicted octanol–water partition coefficient (Wildman–Crippen LogP) is 2.17. The van der Waals surface area contributed by atoms with Gasteiger partial charge in [-0.25, -0.2) is 4.79 Å². The molecule has 9 heteroatoms. The highest BCUT2D eigenvalue weighted by Gasteiger charge is 2.21. The van der Waals surface area contributed by atoms with E-state index in [2.05, 4.69) is 15.5 Å². The Bertz CT molecular complexity index is 776. The van der Waals surface area contributed by atoms with Gasteiger partial charge < -0.3 is 24.6 Å². The maximum Gasteiger partial charge on any atom is 0.317 e. The second-order valence-electron chi connectivity index (χ2n) is 5.98. The molecule has 9 nitrogen and oxygen atoms in total. The van der Waals surface area contributed by atoms with E-state index >= 15 is 0 Å². The van der Waals surface area contributed by atoms with Gasteiger partial charge in [-0.3, -0.25) is 4.79 Å². The summed E-state index contributed by atoms with van der Waals surface area (Å²) >= 11 is 0. The molecule has 140 valence electrons. The van der Waals surface area contributed by atoms with Crippen molar-refractivity contribution in [2.75, 3.05) is 20.7 Å². The van der Waals surface area contributed by atoms with Gasteiger partial charge in [0.15, 0.2) is 0 Å². The molecule has 0 aliphatic rings. The van der Waals surface area contributed by atoms with Crippen molar-refractivity contribution in [2.24, 2.45) is 5.92 Å². The van der Waals surface area contributed by atoms with Gasteiger partial charge in [0, 0.05) is 19.2 Å². The van der Waals surface area contributed by atoms with Crippen molar-refractivity contribution in [3.63, 3.8) is 0 Å². The molecule has 0 bridgehead atoms. The van der Waals surface area contributed by atoms with Gasteiger partial charge in [-0.1, -0.05) is 24.2 Å². The Morgan fingerprint density at radius 3 is 2.77 bits per heavy atom. The summed E-state index contributed by atoms with van der Waals surface area (Å²) in [7, 11) is 3.09. The Morgan fingerprint density at radius 2 is 2.12 bits per heavy atom. The third-order valence-electron chi connectivity index (χ3n) is 3.80. The van der Waals surface area contributed by atoms with Crippen LogP contribution in [-0.4, -0.2) is 52.8 Å². The summed E-state index contributed by atoms with van der Waals surface area (Å²) < 4.78 is 10.4. The second kappa shape index (κ2) is 8.32. The highest BCUT2D eigenvalue weighted by atomic mass is 16.5. The van der Waals surface area contributed by atoms with E-state index in [0.717, 1.165) is 5.56 Å². The van der Waals surface area contributed by atoms with Crippen LogP contribution in [0.15, 0.2) is 28.8 Å². The summed E-state index contributed by atoms with van der Waals surface area (Å²) in [6.45, 7) is 3.33. The van der Waals surface area contributed by atoms with E-state index in [4.69, 9.17) is 14.4 Å². The predicted molar refractivity (Wildman–Crippen MR) is 92.7 cm³/mol. The number of aromatic nitrogens is 2. The van der Waals surface area contributed by atoms with E-state index in [1.165, 1.54) is 18.9 Å². The van der Waals surface area contributed by atoms with Crippen molar-refractivity contribution in [1.29, 1.82) is 0 Å². The van der Waals surface area contributed by atoms with Crippen LogP contribution >= 0.6 is 0 Å². The molecule has 0 saturated carbocycles. The van der Waals surface area contributed by atoms with Crippen molar-refractivity contribution >= 4 is 12.0 Å². The number of carbonyl (C=O) groups is 2. The number of aliphatic carboxylic acids is 1. The van der Waals surface area contributed by atoms with Crippen LogP contribution in [0.4, 0.5) is 4.79 Å². The zero-order valence-electron chi connectivity index (χ0n) is 15.1. The molecular formula is C17H22N4O5. The molecule has 1 aromatic heterocycles. The number of ether oxygens (including phenoxy) is 1. The maximum absolute atomic E-state index is 12.2. The smallest absolute Gasteiger partial charge is 0.317 e. The maximum atomic E-state index is 12.2. The number of benzene rings is 1. The van der Waals surface area contributed by atoms with Crippen LogP contribution < -0.4 is 10.1 Å². The number of carboxylic acids is 1. The molecule has 1 heterocycles. The molecule has 0 saturated heterocycles. The van der Waals surface area contributed by atoms with E-state index in [0.29, 0.717) is 11.6 Å². The summed E-state index contributed by atoms with van der Waals surface area (Å²) in [5.74, 6) is -0.324. The molecule has 0 aliphatic heterocycles. The number of nitrogens with zero attached hydrogens (tertiary/aromatic N) is 3. The van der Waals surface area contributed by atoms with Crippen LogP contribution in [-0.2, 0) is 4.79 Å². The fourth-order valence-corrected chi connectivity index (χ4v) is 2.22. The molecule has 2 N–H and O–H groups in total. The van der Waals surface area contributed by atoms with Gasteiger partial charge in [0.25, 0.3) is 0 Å². The molecule has 2 rings (SSSR count). The van der Waals surface area contributed by atoms with Crippen LogP contribution in [0.1, 0.15) is 25.8 Å². The fourth-order valence-electron chi connectivity index (χ4n) is 2.22. The number of amides is 2. The summed E-state index contributed by atoms with van der Waals surface area (Å²) in [5, 5.41) is 15.5. The largest absolute Gasteiger partial charge is 0.497 e. The first kappa shape index (κ1) is 19.2. The van der Waals surface area contributed by atoms with Gasteiger partial charge in [0.05, 0.1) is 13.0 Å². The van der Waals surface area contributed by atoms with Gasteiger partial charge in [-0.15, -0.1) is 0 Å². The van der Waals surface area contributed by atoms with Gasteiger partial charge in [0.1, 0.15) is 11.8 Å². The standard InChI is InChI=1S/C17H22N4O5/c1-10(16(22)23)9-21(3)17(24)18-11(2)15-19-14(20-26-15)12-6-5-7-13(8-12)25-4/h5-8,10-11H,9H2,1-4H3,(H,18,24)(H,22,23). The first-order valence-corrected chi connectivity index (χ1v) is 8.04. The number of carboxylic acid groups (broad SMARTS) is 1. The molecule has 2 aromatic rings. The minimum Gasteiger partial charge on any atom is -0.497 e.